The summed E-state index contributed by atoms with van der Waals surface area (Å²) < 4.78 is 14.2. The molecule has 168 valence electrons. The molecule has 1 aliphatic carbocycles. The number of hydrogen-bond acceptors (Lipinski definition) is 4. The molecule has 0 bridgehead atoms. The number of halogens is 1. The van der Waals surface area contributed by atoms with Crippen molar-refractivity contribution in [1.29, 1.82) is 0 Å². The zero-order valence-corrected chi connectivity index (χ0v) is 17.9. The molecule has 0 atom stereocenters. The lowest BCUT2D eigenvalue weighted by Crippen LogP contribution is -2.52. The van der Waals surface area contributed by atoms with E-state index in [0.717, 1.165) is 18.4 Å². The van der Waals surface area contributed by atoms with Crippen molar-refractivity contribution in [3.05, 3.63) is 59.9 Å². The van der Waals surface area contributed by atoms with Crippen LogP contribution in [0.2, 0.25) is 0 Å². The van der Waals surface area contributed by atoms with Crippen LogP contribution in [0.25, 0.3) is 0 Å². The molecule has 1 saturated carbocycles. The minimum Gasteiger partial charge on any atom is -0.376 e. The van der Waals surface area contributed by atoms with Crippen LogP contribution in [-0.2, 0) is 20.8 Å². The number of hydrogen-bond donors (Lipinski definition) is 2. The molecule has 1 aliphatic heterocycles. The molecule has 2 aromatic carbocycles. The normalized spacial score (nSPS) is 15.9. The van der Waals surface area contributed by atoms with Crippen LogP contribution in [-0.4, -0.2) is 60.2 Å². The first-order chi connectivity index (χ1) is 15.5. The lowest BCUT2D eigenvalue weighted by atomic mass is 10.1. The Bertz CT molecular complexity index is 986. The Hall–Kier alpha value is -3.42. The van der Waals surface area contributed by atoms with E-state index in [1.54, 1.807) is 4.90 Å². The van der Waals surface area contributed by atoms with E-state index in [-0.39, 0.29) is 42.3 Å². The van der Waals surface area contributed by atoms with Crippen molar-refractivity contribution in [2.45, 2.75) is 19.3 Å². The molecule has 7 nitrogen and oxygen atoms in total. The van der Waals surface area contributed by atoms with Gasteiger partial charge < -0.3 is 20.4 Å². The monoisotopic (exact) mass is 438 g/mol. The Morgan fingerprint density at radius 2 is 1.62 bits per heavy atom. The van der Waals surface area contributed by atoms with E-state index in [4.69, 9.17) is 0 Å². The van der Waals surface area contributed by atoms with Gasteiger partial charge in [-0.3, -0.25) is 14.4 Å². The van der Waals surface area contributed by atoms with Crippen molar-refractivity contribution in [2.75, 3.05) is 43.4 Å². The number of carbonyl (C=O) groups is 3. The molecule has 0 spiro atoms. The van der Waals surface area contributed by atoms with Gasteiger partial charge in [-0.1, -0.05) is 30.3 Å². The van der Waals surface area contributed by atoms with Gasteiger partial charge in [-0.2, -0.15) is 0 Å². The Kier molecular flexibility index (Phi) is 6.68. The Morgan fingerprint density at radius 1 is 0.938 bits per heavy atom. The highest BCUT2D eigenvalue weighted by molar-refractivity contribution is 5.93. The summed E-state index contributed by atoms with van der Waals surface area (Å²) in [7, 11) is 0. The standard InChI is InChI=1S/C24H27FN4O3/c25-20-9-8-19(15-21(20)27-22(30)14-17-4-2-1-3-5-17)26-16-23(31)28-10-12-29(13-11-28)24(32)18-6-7-18/h1-5,8-9,15,18,26H,6-7,10-14,16H2,(H,27,30). The largest absolute Gasteiger partial charge is 0.376 e. The molecule has 2 fully saturated rings. The molecule has 2 aromatic rings. The highest BCUT2D eigenvalue weighted by atomic mass is 19.1. The van der Waals surface area contributed by atoms with E-state index in [2.05, 4.69) is 10.6 Å². The van der Waals surface area contributed by atoms with Gasteiger partial charge in [0.25, 0.3) is 0 Å². The summed E-state index contributed by atoms with van der Waals surface area (Å²) in [5.74, 6) is -0.535. The maximum atomic E-state index is 14.2. The van der Waals surface area contributed by atoms with Gasteiger partial charge in [0, 0.05) is 37.8 Å². The minimum atomic E-state index is -0.542. The van der Waals surface area contributed by atoms with Gasteiger partial charge in [0.2, 0.25) is 17.7 Å². The molecule has 2 aliphatic rings. The van der Waals surface area contributed by atoms with Gasteiger partial charge >= 0.3 is 0 Å². The molecule has 3 amide bonds. The van der Waals surface area contributed by atoms with Gasteiger partial charge in [-0.25, -0.2) is 4.39 Å². The van der Waals surface area contributed by atoms with Crippen LogP contribution in [0.3, 0.4) is 0 Å². The van der Waals surface area contributed by atoms with Gasteiger partial charge in [0.15, 0.2) is 0 Å². The second-order valence-corrected chi connectivity index (χ2v) is 8.24. The van der Waals surface area contributed by atoms with Crippen LogP contribution in [0.1, 0.15) is 18.4 Å². The number of piperazine rings is 1. The fourth-order valence-corrected chi connectivity index (χ4v) is 3.76. The molecule has 0 aromatic heterocycles. The molecular weight excluding hydrogens is 411 g/mol. The Balaban J connectivity index is 1.26. The lowest BCUT2D eigenvalue weighted by molar-refractivity contribution is -0.139. The van der Waals surface area contributed by atoms with Gasteiger partial charge in [-0.05, 0) is 36.6 Å². The van der Waals surface area contributed by atoms with Crippen molar-refractivity contribution in [3.63, 3.8) is 0 Å². The summed E-state index contributed by atoms with van der Waals surface area (Å²) in [6, 6.07) is 13.5. The van der Waals surface area contributed by atoms with E-state index < -0.39 is 5.82 Å². The summed E-state index contributed by atoms with van der Waals surface area (Å²) >= 11 is 0. The van der Waals surface area contributed by atoms with Gasteiger partial charge in [-0.15, -0.1) is 0 Å². The van der Waals surface area contributed by atoms with E-state index in [1.165, 1.54) is 18.2 Å². The smallest absolute Gasteiger partial charge is 0.241 e. The molecule has 1 saturated heterocycles. The van der Waals surface area contributed by atoms with Gasteiger partial charge in [0.1, 0.15) is 5.82 Å². The first-order valence-electron chi connectivity index (χ1n) is 10.9. The molecule has 4 rings (SSSR count). The second kappa shape index (κ2) is 9.80. The quantitative estimate of drug-likeness (QED) is 0.696. The Labute approximate surface area is 186 Å². The number of nitrogens with zero attached hydrogens (tertiary/aromatic N) is 2. The van der Waals surface area contributed by atoms with Crippen molar-refractivity contribution in [1.82, 2.24) is 9.80 Å². The average molecular weight is 439 g/mol. The topological polar surface area (TPSA) is 81.8 Å². The van der Waals surface area contributed by atoms with E-state index >= 15 is 0 Å². The number of carbonyl (C=O) groups excluding carboxylic acids is 3. The van der Waals surface area contributed by atoms with Gasteiger partial charge in [0.05, 0.1) is 18.7 Å². The van der Waals surface area contributed by atoms with E-state index in [0.29, 0.717) is 31.9 Å². The number of nitrogens with one attached hydrogen (secondary N) is 2. The van der Waals surface area contributed by atoms with Crippen molar-refractivity contribution < 1.29 is 18.8 Å². The first kappa shape index (κ1) is 21.8. The number of amides is 3. The molecule has 0 unspecified atom stereocenters. The molecule has 8 heteroatoms. The van der Waals surface area contributed by atoms with Crippen LogP contribution >= 0.6 is 0 Å². The number of benzene rings is 2. The van der Waals surface area contributed by atoms with Crippen LogP contribution in [0.4, 0.5) is 15.8 Å². The summed E-state index contributed by atoms with van der Waals surface area (Å²) in [5, 5.41) is 5.60. The van der Waals surface area contributed by atoms with Crippen LogP contribution < -0.4 is 10.6 Å². The highest BCUT2D eigenvalue weighted by Crippen LogP contribution is 2.31. The number of rotatable bonds is 7. The number of anilines is 2. The fourth-order valence-electron chi connectivity index (χ4n) is 3.76. The maximum absolute atomic E-state index is 14.2. The maximum Gasteiger partial charge on any atom is 0.241 e. The van der Waals surface area contributed by atoms with E-state index in [9.17, 15) is 18.8 Å². The molecule has 0 radical (unpaired) electrons. The van der Waals surface area contributed by atoms with Crippen LogP contribution in [0, 0.1) is 11.7 Å². The predicted molar refractivity (Wildman–Crippen MR) is 120 cm³/mol. The van der Waals surface area contributed by atoms with E-state index in [1.807, 2.05) is 35.2 Å². The summed E-state index contributed by atoms with van der Waals surface area (Å²) in [6.45, 7) is 2.22. The predicted octanol–water partition coefficient (Wildman–Crippen LogP) is 2.50. The highest BCUT2D eigenvalue weighted by Gasteiger charge is 2.35. The molecule has 2 N–H and O–H groups in total. The zero-order valence-electron chi connectivity index (χ0n) is 17.9. The third-order valence-electron chi connectivity index (χ3n) is 5.76. The Morgan fingerprint density at radius 3 is 2.31 bits per heavy atom. The average Bonchev–Trinajstić information content (AvgIpc) is 3.65. The third-order valence-corrected chi connectivity index (χ3v) is 5.76. The zero-order chi connectivity index (χ0) is 22.5. The molecular formula is C24H27FN4O3. The molecule has 1 heterocycles. The third kappa shape index (κ3) is 5.63. The lowest BCUT2D eigenvalue weighted by Gasteiger charge is -2.35. The van der Waals surface area contributed by atoms with Crippen molar-refractivity contribution >= 4 is 29.1 Å². The summed E-state index contributed by atoms with van der Waals surface area (Å²) in [6.07, 6.45) is 2.11. The minimum absolute atomic E-state index is 0.0552. The van der Waals surface area contributed by atoms with Crippen LogP contribution in [0.5, 0.6) is 0 Å². The molecule has 32 heavy (non-hydrogen) atoms. The van der Waals surface area contributed by atoms with Crippen molar-refractivity contribution in [3.8, 4) is 0 Å². The first-order valence-corrected chi connectivity index (χ1v) is 10.9. The van der Waals surface area contributed by atoms with Crippen LogP contribution in [0.15, 0.2) is 48.5 Å². The fraction of sp³-hybridized carbons (Fsp3) is 0.375. The second-order valence-electron chi connectivity index (χ2n) is 8.24. The summed E-state index contributed by atoms with van der Waals surface area (Å²) in [4.78, 5) is 40.5. The van der Waals surface area contributed by atoms with Crippen molar-refractivity contribution in [2.24, 2.45) is 5.92 Å². The SMILES string of the molecule is O=C(Cc1ccccc1)Nc1cc(NCC(=O)N2CCN(C(=O)C3CC3)CC2)ccc1F. The summed E-state index contributed by atoms with van der Waals surface area (Å²) in [5.41, 5.74) is 1.44.